The van der Waals surface area contributed by atoms with Crippen LogP contribution in [0.4, 0.5) is 0 Å². The van der Waals surface area contributed by atoms with Gasteiger partial charge in [-0.25, -0.2) is 0 Å². The third kappa shape index (κ3) is 5.66. The first-order chi connectivity index (χ1) is 24.1. The number of allylic oxidation sites excluding steroid dienone is 1. The molecule has 0 bridgehead atoms. The van der Waals surface area contributed by atoms with Crippen molar-refractivity contribution in [1.82, 2.24) is 0 Å². The summed E-state index contributed by atoms with van der Waals surface area (Å²) in [5.41, 5.74) is 0.723. The van der Waals surface area contributed by atoms with Crippen LogP contribution in [0.25, 0.3) is 0 Å². The molecule has 51 heavy (non-hydrogen) atoms. The predicted octanol–water partition coefficient (Wildman–Crippen LogP) is 1.32. The fourth-order valence-electron chi connectivity index (χ4n) is 12.4. The lowest BCUT2D eigenvalue weighted by Crippen LogP contribution is -2.65. The molecule has 290 valence electrons. The topological polar surface area (TPSA) is 197 Å². The molecule has 13 heteroatoms. The number of ether oxygens (including phenoxy) is 6. The number of rotatable bonds is 4. The van der Waals surface area contributed by atoms with Crippen molar-refractivity contribution in [2.75, 3.05) is 6.61 Å². The van der Waals surface area contributed by atoms with Crippen molar-refractivity contribution < 1.29 is 64.2 Å². The van der Waals surface area contributed by atoms with Gasteiger partial charge < -0.3 is 64.2 Å². The van der Waals surface area contributed by atoms with Crippen molar-refractivity contribution in [1.29, 1.82) is 0 Å². The number of aliphatic hydroxyl groups excluding tert-OH is 7. The molecule has 7 fully saturated rings. The summed E-state index contributed by atoms with van der Waals surface area (Å²) in [6.45, 7) is 11.5. The Bertz CT molecular complexity index is 1320. The lowest BCUT2D eigenvalue weighted by molar-refractivity contribution is -0.392. The van der Waals surface area contributed by atoms with Crippen LogP contribution in [0.1, 0.15) is 86.0 Å². The Morgan fingerprint density at radius 1 is 0.784 bits per heavy atom. The third-order valence-corrected chi connectivity index (χ3v) is 15.3. The normalized spacial score (nSPS) is 59.8. The molecule has 0 aromatic rings. The van der Waals surface area contributed by atoms with Gasteiger partial charge in [0.05, 0.1) is 31.0 Å². The van der Waals surface area contributed by atoms with E-state index < -0.39 is 85.0 Å². The standard InChI is InChI=1S/C38H60O13/c1-16-8-11-38(46-15-16)17(2)26-24(51-38)14-23-21-7-6-19-12-20(39)13-25(37(19,5)22(21)9-10-36(23,26)4)48-35-32(29(42)30(43)33(45)50-35)49-34-31(44)28(41)27(40)18(3)47-34/h6,16-18,20-35,39-45H,7-15H2,1-5H3/t16-,17+,18+,20-,21-,22+,23+,24+,25-,26+,27+,28-,29+,30-,31-,32-,33+,34+,35-,36+,37+,38-/m1/s1. The van der Waals surface area contributed by atoms with Crippen LogP contribution < -0.4 is 0 Å². The fraction of sp³-hybridized carbons (Fsp3) is 0.947. The molecule has 1 spiro atoms. The summed E-state index contributed by atoms with van der Waals surface area (Å²) in [5, 5.41) is 74.8. The molecular weight excluding hydrogens is 664 g/mol. The molecule has 0 aromatic carbocycles. The summed E-state index contributed by atoms with van der Waals surface area (Å²) in [6.07, 6.45) is -7.19. The Morgan fingerprint density at radius 2 is 1.55 bits per heavy atom. The van der Waals surface area contributed by atoms with E-state index in [0.29, 0.717) is 36.0 Å². The minimum atomic E-state index is -1.79. The number of hydrogen-bond donors (Lipinski definition) is 7. The van der Waals surface area contributed by atoms with Crippen LogP contribution in [0.2, 0.25) is 0 Å². The van der Waals surface area contributed by atoms with Crippen LogP contribution in [0.15, 0.2) is 11.6 Å². The number of fused-ring (bicyclic) bond motifs is 7. The van der Waals surface area contributed by atoms with Gasteiger partial charge >= 0.3 is 0 Å². The average Bonchev–Trinajstić information content (AvgIpc) is 3.54. The average molecular weight is 725 g/mol. The fourth-order valence-corrected chi connectivity index (χ4v) is 12.4. The van der Waals surface area contributed by atoms with Crippen LogP contribution in [0.5, 0.6) is 0 Å². The Hall–Kier alpha value is -0.780. The molecule has 0 radical (unpaired) electrons. The van der Waals surface area contributed by atoms with Crippen molar-refractivity contribution in [2.45, 2.75) is 172 Å². The smallest absolute Gasteiger partial charge is 0.190 e. The van der Waals surface area contributed by atoms with Gasteiger partial charge in [-0.2, -0.15) is 0 Å². The molecule has 4 aliphatic carbocycles. The highest BCUT2D eigenvalue weighted by atomic mass is 16.8. The number of aliphatic hydroxyl groups is 7. The highest BCUT2D eigenvalue weighted by Crippen LogP contribution is 2.71. The van der Waals surface area contributed by atoms with Crippen LogP contribution >= 0.6 is 0 Å². The Balaban J connectivity index is 1.05. The molecule has 13 nitrogen and oxygen atoms in total. The molecule has 0 amide bonds. The van der Waals surface area contributed by atoms with E-state index in [1.807, 2.05) is 0 Å². The summed E-state index contributed by atoms with van der Waals surface area (Å²) in [4.78, 5) is 0. The predicted molar refractivity (Wildman–Crippen MR) is 178 cm³/mol. The first-order valence-corrected chi connectivity index (χ1v) is 19.5. The van der Waals surface area contributed by atoms with E-state index in [1.165, 1.54) is 6.92 Å². The summed E-state index contributed by atoms with van der Waals surface area (Å²) in [5.74, 6) is 1.82. The molecule has 22 atom stereocenters. The lowest BCUT2D eigenvalue weighted by Gasteiger charge is -2.60. The second kappa shape index (κ2) is 13.2. The third-order valence-electron chi connectivity index (χ3n) is 15.3. The van der Waals surface area contributed by atoms with E-state index in [9.17, 15) is 35.7 Å². The van der Waals surface area contributed by atoms with Gasteiger partial charge in [0.2, 0.25) is 0 Å². The zero-order valence-electron chi connectivity index (χ0n) is 30.5. The molecule has 8 aliphatic rings. The maximum absolute atomic E-state index is 11.2. The summed E-state index contributed by atoms with van der Waals surface area (Å²) < 4.78 is 37.6. The maximum atomic E-state index is 11.2. The Labute approximate surface area is 300 Å². The van der Waals surface area contributed by atoms with E-state index in [1.54, 1.807) is 0 Å². The minimum absolute atomic E-state index is 0.0965. The second-order valence-electron chi connectivity index (χ2n) is 18.0. The van der Waals surface area contributed by atoms with Crippen LogP contribution in [-0.4, -0.2) is 128 Å². The van der Waals surface area contributed by atoms with E-state index in [-0.39, 0.29) is 23.9 Å². The van der Waals surface area contributed by atoms with Crippen molar-refractivity contribution in [3.05, 3.63) is 11.6 Å². The van der Waals surface area contributed by atoms with Crippen molar-refractivity contribution >= 4 is 0 Å². The lowest BCUT2D eigenvalue weighted by atomic mass is 9.46. The van der Waals surface area contributed by atoms with Crippen molar-refractivity contribution in [3.8, 4) is 0 Å². The van der Waals surface area contributed by atoms with Gasteiger partial charge in [0.1, 0.15) is 36.6 Å². The second-order valence-corrected chi connectivity index (χ2v) is 18.0. The van der Waals surface area contributed by atoms with Gasteiger partial charge in [-0.05, 0) is 80.5 Å². The summed E-state index contributed by atoms with van der Waals surface area (Å²) in [7, 11) is 0. The minimum Gasteiger partial charge on any atom is -0.393 e. The zero-order valence-corrected chi connectivity index (χ0v) is 30.5. The van der Waals surface area contributed by atoms with Gasteiger partial charge in [0, 0.05) is 24.2 Å². The SMILES string of the molecule is C[C@@H]1CC[C@@]2(OC1)O[C@H]1C[C@H]3[C@@H]4CC=C5C[C@@H](O)C[C@@H](O[C@@H]6O[C@H](O)[C@H](O)[C@H](O)[C@H]6O[C@@H]6O[C@@H](C)[C@H](O)[C@@H](O)[C@H]6O)[C@]5(C)[C@H]4CC[C@]3(C)[C@H]1[C@@H]2C. The largest absolute Gasteiger partial charge is 0.393 e. The molecule has 4 aliphatic heterocycles. The first-order valence-electron chi connectivity index (χ1n) is 19.5. The van der Waals surface area contributed by atoms with E-state index >= 15 is 0 Å². The van der Waals surface area contributed by atoms with Crippen LogP contribution in [0.3, 0.4) is 0 Å². The van der Waals surface area contributed by atoms with Crippen LogP contribution in [0, 0.1) is 46.3 Å². The van der Waals surface area contributed by atoms with Crippen molar-refractivity contribution in [3.63, 3.8) is 0 Å². The van der Waals surface area contributed by atoms with Gasteiger partial charge in [-0.15, -0.1) is 0 Å². The Morgan fingerprint density at radius 3 is 2.27 bits per heavy atom. The Kier molecular flexibility index (Phi) is 9.60. The van der Waals surface area contributed by atoms with E-state index in [2.05, 4.69) is 33.8 Å². The first kappa shape index (κ1) is 37.2. The van der Waals surface area contributed by atoms with Gasteiger partial charge in [0.15, 0.2) is 24.7 Å². The van der Waals surface area contributed by atoms with Gasteiger partial charge in [-0.3, -0.25) is 0 Å². The zero-order chi connectivity index (χ0) is 36.4. The van der Waals surface area contributed by atoms with E-state index in [4.69, 9.17) is 28.4 Å². The monoisotopic (exact) mass is 724 g/mol. The van der Waals surface area contributed by atoms with Crippen molar-refractivity contribution in [2.24, 2.45) is 46.3 Å². The molecule has 0 unspecified atom stereocenters. The van der Waals surface area contributed by atoms with E-state index in [0.717, 1.165) is 50.7 Å². The maximum Gasteiger partial charge on any atom is 0.190 e. The van der Waals surface area contributed by atoms with Crippen LogP contribution in [-0.2, 0) is 28.4 Å². The molecule has 8 rings (SSSR count). The quantitative estimate of drug-likeness (QED) is 0.205. The summed E-state index contributed by atoms with van der Waals surface area (Å²) in [6, 6.07) is 0. The molecule has 3 saturated carbocycles. The molecule has 7 N–H and O–H groups in total. The number of hydrogen-bond acceptors (Lipinski definition) is 13. The molecule has 4 saturated heterocycles. The van der Waals surface area contributed by atoms with Gasteiger partial charge in [-0.1, -0.05) is 39.3 Å². The highest BCUT2D eigenvalue weighted by molar-refractivity contribution is 5.29. The van der Waals surface area contributed by atoms with Gasteiger partial charge in [0.25, 0.3) is 0 Å². The highest BCUT2D eigenvalue weighted by Gasteiger charge is 2.69. The molecule has 0 aromatic heterocycles. The molecular formula is C38H60O13. The molecule has 4 heterocycles. The summed E-state index contributed by atoms with van der Waals surface area (Å²) >= 11 is 0.